The normalized spacial score (nSPS) is 26.9. The van der Waals surface area contributed by atoms with Crippen LogP contribution in [0.15, 0.2) is 63.4 Å². The fourth-order valence-corrected chi connectivity index (χ4v) is 5.41. The lowest BCUT2D eigenvalue weighted by Gasteiger charge is -2.38. The number of hydrogen-bond donors (Lipinski definition) is 0. The smallest absolute Gasteiger partial charge is 0.202 e. The minimum atomic E-state index is -3.34. The van der Waals surface area contributed by atoms with Gasteiger partial charge in [0, 0.05) is 11.3 Å². The highest BCUT2D eigenvalue weighted by Crippen LogP contribution is 2.47. The predicted molar refractivity (Wildman–Crippen MR) is 88.1 cm³/mol. The summed E-state index contributed by atoms with van der Waals surface area (Å²) in [5.41, 5.74) is 3.95. The fourth-order valence-electron chi connectivity index (χ4n) is 3.96. The molecule has 3 heteroatoms. The van der Waals surface area contributed by atoms with Crippen LogP contribution in [0, 0.1) is 18.8 Å². The van der Waals surface area contributed by atoms with Gasteiger partial charge in [0.2, 0.25) is 9.84 Å². The molecule has 4 aliphatic carbocycles. The molecule has 4 aliphatic rings. The van der Waals surface area contributed by atoms with Crippen molar-refractivity contribution in [1.29, 1.82) is 0 Å². The van der Waals surface area contributed by atoms with E-state index in [1.165, 1.54) is 24.0 Å². The van der Waals surface area contributed by atoms with Crippen molar-refractivity contribution in [2.75, 3.05) is 0 Å². The van der Waals surface area contributed by atoms with E-state index >= 15 is 0 Å². The summed E-state index contributed by atoms with van der Waals surface area (Å²) < 4.78 is 25.7. The van der Waals surface area contributed by atoms with Gasteiger partial charge in [0.25, 0.3) is 0 Å². The van der Waals surface area contributed by atoms with Crippen molar-refractivity contribution >= 4 is 9.84 Å². The average molecular weight is 312 g/mol. The van der Waals surface area contributed by atoms with E-state index in [1.807, 2.05) is 25.1 Å². The predicted octanol–water partition coefficient (Wildman–Crippen LogP) is 4.34. The SMILES string of the molecule is Cc1ccc(S(=O)(=O)C2=CCC3=C(C2)C2C=CC3CC2)cc1. The number of hydrogen-bond acceptors (Lipinski definition) is 2. The summed E-state index contributed by atoms with van der Waals surface area (Å²) in [7, 11) is -3.34. The molecule has 2 unspecified atom stereocenters. The third-order valence-corrected chi connectivity index (χ3v) is 7.16. The van der Waals surface area contributed by atoms with Crippen molar-refractivity contribution in [3.05, 3.63) is 64.1 Å². The summed E-state index contributed by atoms with van der Waals surface area (Å²) in [5, 5.41) is 0. The first-order valence-corrected chi connectivity index (χ1v) is 9.45. The third kappa shape index (κ3) is 2.11. The van der Waals surface area contributed by atoms with Crippen LogP contribution in [-0.2, 0) is 9.84 Å². The van der Waals surface area contributed by atoms with E-state index in [2.05, 4.69) is 12.2 Å². The molecule has 0 saturated heterocycles. The van der Waals surface area contributed by atoms with Crippen LogP contribution in [0.2, 0.25) is 0 Å². The Labute approximate surface area is 132 Å². The molecule has 0 amide bonds. The topological polar surface area (TPSA) is 34.1 Å². The monoisotopic (exact) mass is 312 g/mol. The highest BCUT2D eigenvalue weighted by atomic mass is 32.2. The Morgan fingerprint density at radius 1 is 0.955 bits per heavy atom. The molecule has 2 atom stereocenters. The highest BCUT2D eigenvalue weighted by molar-refractivity contribution is 7.95. The van der Waals surface area contributed by atoms with E-state index in [9.17, 15) is 8.42 Å². The van der Waals surface area contributed by atoms with Crippen LogP contribution >= 0.6 is 0 Å². The minimum absolute atomic E-state index is 0.421. The van der Waals surface area contributed by atoms with Gasteiger partial charge in [-0.3, -0.25) is 0 Å². The number of aryl methyl sites for hydroxylation is 1. The van der Waals surface area contributed by atoms with E-state index in [-0.39, 0.29) is 0 Å². The molecule has 0 heterocycles. The van der Waals surface area contributed by atoms with E-state index in [4.69, 9.17) is 0 Å². The van der Waals surface area contributed by atoms with Crippen molar-refractivity contribution in [3.8, 4) is 0 Å². The van der Waals surface area contributed by atoms with Crippen molar-refractivity contribution in [2.24, 2.45) is 11.8 Å². The van der Waals surface area contributed by atoms with Gasteiger partial charge in [0.15, 0.2) is 0 Å². The minimum Gasteiger partial charge on any atom is -0.219 e. The maximum atomic E-state index is 12.9. The van der Waals surface area contributed by atoms with Crippen LogP contribution in [-0.4, -0.2) is 8.42 Å². The Morgan fingerprint density at radius 3 is 2.23 bits per heavy atom. The molecular formula is C19H20O2S. The van der Waals surface area contributed by atoms with Gasteiger partial charge in [-0.1, -0.05) is 47.1 Å². The Hall–Kier alpha value is -1.61. The second kappa shape index (κ2) is 4.95. The van der Waals surface area contributed by atoms with Crippen LogP contribution in [0.3, 0.4) is 0 Å². The molecule has 0 N–H and O–H groups in total. The summed E-state index contributed by atoms with van der Waals surface area (Å²) in [6, 6.07) is 7.18. The van der Waals surface area contributed by atoms with E-state index < -0.39 is 9.84 Å². The molecule has 0 radical (unpaired) electrons. The number of benzene rings is 1. The number of fused-ring (bicyclic) bond motifs is 1. The molecule has 0 aliphatic heterocycles. The molecule has 1 aromatic rings. The van der Waals surface area contributed by atoms with Crippen LogP contribution in [0.1, 0.15) is 31.2 Å². The Bertz CT molecular complexity index is 807. The highest BCUT2D eigenvalue weighted by Gasteiger charge is 2.35. The summed E-state index contributed by atoms with van der Waals surface area (Å²) >= 11 is 0. The summed E-state index contributed by atoms with van der Waals surface area (Å²) in [5.74, 6) is 1.02. The Balaban J connectivity index is 1.66. The summed E-state index contributed by atoms with van der Waals surface area (Å²) in [6.45, 7) is 1.97. The lowest BCUT2D eigenvalue weighted by atomic mass is 9.68. The van der Waals surface area contributed by atoms with E-state index in [1.54, 1.807) is 12.1 Å². The van der Waals surface area contributed by atoms with Gasteiger partial charge >= 0.3 is 0 Å². The Morgan fingerprint density at radius 2 is 1.59 bits per heavy atom. The van der Waals surface area contributed by atoms with Gasteiger partial charge in [-0.25, -0.2) is 8.42 Å². The van der Waals surface area contributed by atoms with Crippen LogP contribution in [0.25, 0.3) is 0 Å². The fraction of sp³-hybridized carbons (Fsp3) is 0.368. The molecule has 1 aromatic carbocycles. The number of rotatable bonds is 2. The lowest BCUT2D eigenvalue weighted by Crippen LogP contribution is -2.25. The third-order valence-electron chi connectivity index (χ3n) is 5.26. The largest absolute Gasteiger partial charge is 0.219 e. The average Bonchev–Trinajstić information content (AvgIpc) is 2.56. The molecule has 114 valence electrons. The van der Waals surface area contributed by atoms with Crippen LogP contribution < -0.4 is 0 Å². The molecular weight excluding hydrogens is 292 g/mol. The van der Waals surface area contributed by atoms with Crippen molar-refractivity contribution in [1.82, 2.24) is 0 Å². The molecule has 0 spiro atoms. The first-order valence-electron chi connectivity index (χ1n) is 7.96. The zero-order chi connectivity index (χ0) is 15.3. The van der Waals surface area contributed by atoms with Gasteiger partial charge in [-0.2, -0.15) is 0 Å². The quantitative estimate of drug-likeness (QED) is 0.761. The molecule has 0 saturated carbocycles. The van der Waals surface area contributed by atoms with Crippen molar-refractivity contribution < 1.29 is 8.42 Å². The van der Waals surface area contributed by atoms with E-state index in [0.29, 0.717) is 28.1 Å². The van der Waals surface area contributed by atoms with Gasteiger partial charge < -0.3 is 0 Å². The zero-order valence-electron chi connectivity index (χ0n) is 12.7. The standard InChI is InChI=1S/C19H20O2S/c1-13-2-8-16(9-3-13)22(20,21)17-10-11-18-14-4-6-15(7-5-14)19(18)12-17/h2-4,6,8-10,14-15H,5,7,11-12H2,1H3. The van der Waals surface area contributed by atoms with Gasteiger partial charge in [0.1, 0.15) is 0 Å². The number of sulfone groups is 1. The summed E-state index contributed by atoms with van der Waals surface area (Å²) in [6.07, 6.45) is 10.4. The lowest BCUT2D eigenvalue weighted by molar-refractivity contribution is 0.463. The first kappa shape index (κ1) is 14.0. The first-order chi connectivity index (χ1) is 10.6. The molecule has 22 heavy (non-hydrogen) atoms. The van der Waals surface area contributed by atoms with Gasteiger partial charge in [-0.05, 0) is 50.2 Å². The number of allylic oxidation sites excluding steroid dienone is 6. The van der Waals surface area contributed by atoms with Crippen LogP contribution in [0.4, 0.5) is 0 Å². The second-order valence-electron chi connectivity index (χ2n) is 6.59. The van der Waals surface area contributed by atoms with Crippen LogP contribution in [0.5, 0.6) is 0 Å². The van der Waals surface area contributed by atoms with E-state index in [0.717, 1.165) is 12.0 Å². The molecule has 2 bridgehead atoms. The zero-order valence-corrected chi connectivity index (χ0v) is 13.6. The maximum Gasteiger partial charge on any atom is 0.202 e. The molecule has 5 rings (SSSR count). The Kier molecular flexibility index (Phi) is 3.15. The van der Waals surface area contributed by atoms with Gasteiger partial charge in [-0.15, -0.1) is 0 Å². The van der Waals surface area contributed by atoms with Gasteiger partial charge in [0.05, 0.1) is 4.90 Å². The summed E-state index contributed by atoms with van der Waals surface area (Å²) in [4.78, 5) is 1.01. The molecule has 0 fully saturated rings. The molecule has 0 aromatic heterocycles. The second-order valence-corrected chi connectivity index (χ2v) is 8.60. The van der Waals surface area contributed by atoms with Crippen molar-refractivity contribution in [3.63, 3.8) is 0 Å². The maximum absolute atomic E-state index is 12.9. The van der Waals surface area contributed by atoms with Crippen molar-refractivity contribution in [2.45, 2.75) is 37.5 Å². The molecule has 2 nitrogen and oxygen atoms in total.